The molecule has 1 aliphatic heterocycles. The second-order valence-corrected chi connectivity index (χ2v) is 8.12. The van der Waals surface area contributed by atoms with Crippen LogP contribution < -0.4 is 4.74 Å². The lowest BCUT2D eigenvalue weighted by Crippen LogP contribution is -2.48. The Balaban J connectivity index is 1.20. The van der Waals surface area contributed by atoms with E-state index in [9.17, 15) is 10.2 Å². The molecule has 0 spiro atoms. The number of imidazole rings is 1. The molecule has 0 saturated carbocycles. The molecule has 158 valence electrons. The van der Waals surface area contributed by atoms with Crippen molar-refractivity contribution in [3.63, 3.8) is 0 Å². The molecule has 2 aromatic carbocycles. The number of piperidine rings is 1. The molecule has 4 rings (SSSR count). The molecule has 6 nitrogen and oxygen atoms in total. The lowest BCUT2D eigenvalue weighted by atomic mass is 9.85. The molecule has 30 heavy (non-hydrogen) atoms. The zero-order chi connectivity index (χ0) is 20.8. The number of nitrogens with zero attached hydrogens (tertiary/aromatic N) is 3. The molecule has 6 heteroatoms. The van der Waals surface area contributed by atoms with Gasteiger partial charge in [-0.2, -0.15) is 0 Å². The Bertz CT molecular complexity index is 889. The number of aliphatic hydroxyl groups excluding tert-OH is 1. The number of hydrogen-bond acceptors (Lipinski definition) is 5. The van der Waals surface area contributed by atoms with E-state index in [1.165, 1.54) is 5.56 Å². The molecule has 0 bridgehead atoms. The van der Waals surface area contributed by atoms with Crippen molar-refractivity contribution < 1.29 is 14.9 Å². The number of ether oxygens (including phenoxy) is 1. The molecule has 0 amide bonds. The minimum absolute atomic E-state index is 0.245. The highest BCUT2D eigenvalue weighted by Crippen LogP contribution is 2.26. The van der Waals surface area contributed by atoms with Crippen LogP contribution in [-0.4, -0.2) is 62.6 Å². The molecular weight excluding hydrogens is 378 g/mol. The second kappa shape index (κ2) is 9.43. The summed E-state index contributed by atoms with van der Waals surface area (Å²) in [6, 6.07) is 17.8. The molecule has 0 aliphatic carbocycles. The first kappa shape index (κ1) is 20.6. The third kappa shape index (κ3) is 5.48. The van der Waals surface area contributed by atoms with Gasteiger partial charge in [-0.15, -0.1) is 0 Å². The van der Waals surface area contributed by atoms with Crippen molar-refractivity contribution in [2.45, 2.75) is 31.0 Å². The minimum atomic E-state index is -0.656. The molecule has 1 atom stereocenters. The number of likely N-dealkylation sites (tertiary alicyclic amines) is 1. The third-order valence-electron chi connectivity index (χ3n) is 5.71. The van der Waals surface area contributed by atoms with Gasteiger partial charge in [0.2, 0.25) is 0 Å². The minimum Gasteiger partial charge on any atom is -0.491 e. The van der Waals surface area contributed by atoms with Gasteiger partial charge < -0.3 is 24.4 Å². The summed E-state index contributed by atoms with van der Waals surface area (Å²) in [4.78, 5) is 6.25. The van der Waals surface area contributed by atoms with Gasteiger partial charge in [0.05, 0.1) is 11.9 Å². The standard InChI is InChI=1S/C24H29N3O3/c28-22(18-30-23-8-6-21(7-9-23)27-15-12-25-19-27)17-26-13-10-24(29,11-14-26)16-20-4-2-1-3-5-20/h1-9,12,15,19,22,28-29H,10-11,13-14,16-18H2. The smallest absolute Gasteiger partial charge is 0.119 e. The summed E-state index contributed by atoms with van der Waals surface area (Å²) >= 11 is 0. The fourth-order valence-electron chi connectivity index (χ4n) is 3.97. The quantitative estimate of drug-likeness (QED) is 0.601. The van der Waals surface area contributed by atoms with E-state index in [1.54, 1.807) is 12.5 Å². The van der Waals surface area contributed by atoms with Crippen molar-refractivity contribution in [3.05, 3.63) is 78.9 Å². The number of aliphatic hydroxyl groups is 2. The van der Waals surface area contributed by atoms with E-state index in [4.69, 9.17) is 4.74 Å². The van der Waals surface area contributed by atoms with Crippen LogP contribution in [-0.2, 0) is 6.42 Å². The summed E-state index contributed by atoms with van der Waals surface area (Å²) in [5, 5.41) is 21.3. The van der Waals surface area contributed by atoms with Crippen LogP contribution in [0, 0.1) is 0 Å². The summed E-state index contributed by atoms with van der Waals surface area (Å²) in [6.07, 6.45) is 6.92. The number of hydrogen-bond donors (Lipinski definition) is 2. The van der Waals surface area contributed by atoms with Crippen molar-refractivity contribution in [3.8, 4) is 11.4 Å². The van der Waals surface area contributed by atoms with Gasteiger partial charge >= 0.3 is 0 Å². The van der Waals surface area contributed by atoms with Crippen molar-refractivity contribution >= 4 is 0 Å². The average Bonchev–Trinajstić information content (AvgIpc) is 3.30. The van der Waals surface area contributed by atoms with Gasteiger partial charge in [0.25, 0.3) is 0 Å². The summed E-state index contributed by atoms with van der Waals surface area (Å²) in [6.45, 7) is 2.35. The van der Waals surface area contributed by atoms with Gasteiger partial charge in [-0.05, 0) is 42.7 Å². The Morgan fingerprint density at radius 3 is 2.43 bits per heavy atom. The van der Waals surface area contributed by atoms with Gasteiger partial charge in [-0.3, -0.25) is 0 Å². The lowest BCUT2D eigenvalue weighted by molar-refractivity contribution is -0.0325. The van der Waals surface area contributed by atoms with Crippen molar-refractivity contribution in [2.24, 2.45) is 0 Å². The number of benzene rings is 2. The maximum absolute atomic E-state index is 10.9. The van der Waals surface area contributed by atoms with Gasteiger partial charge in [0.1, 0.15) is 18.5 Å². The molecule has 0 radical (unpaired) electrons. The Morgan fingerprint density at radius 1 is 1.03 bits per heavy atom. The van der Waals surface area contributed by atoms with Crippen LogP contribution in [0.1, 0.15) is 18.4 Å². The topological polar surface area (TPSA) is 70.8 Å². The van der Waals surface area contributed by atoms with Crippen LogP contribution in [0.5, 0.6) is 5.75 Å². The first-order chi connectivity index (χ1) is 14.6. The van der Waals surface area contributed by atoms with Gasteiger partial charge in [0.15, 0.2) is 0 Å². The molecule has 1 fully saturated rings. The number of rotatable bonds is 8. The van der Waals surface area contributed by atoms with E-state index in [1.807, 2.05) is 53.2 Å². The van der Waals surface area contributed by atoms with Crippen molar-refractivity contribution in [2.75, 3.05) is 26.2 Å². The second-order valence-electron chi connectivity index (χ2n) is 8.12. The predicted molar refractivity (Wildman–Crippen MR) is 116 cm³/mol. The van der Waals surface area contributed by atoms with Crippen molar-refractivity contribution in [1.29, 1.82) is 0 Å². The molecule has 2 N–H and O–H groups in total. The maximum atomic E-state index is 10.9. The molecule has 2 heterocycles. The summed E-state index contributed by atoms with van der Waals surface area (Å²) in [5.41, 5.74) is 1.52. The highest BCUT2D eigenvalue weighted by atomic mass is 16.5. The van der Waals surface area contributed by atoms with Crippen LogP contribution in [0.3, 0.4) is 0 Å². The number of aromatic nitrogens is 2. The third-order valence-corrected chi connectivity index (χ3v) is 5.71. The maximum Gasteiger partial charge on any atom is 0.119 e. The first-order valence-electron chi connectivity index (χ1n) is 10.5. The van der Waals surface area contributed by atoms with Crippen LogP contribution in [0.2, 0.25) is 0 Å². The zero-order valence-electron chi connectivity index (χ0n) is 17.1. The highest BCUT2D eigenvalue weighted by Gasteiger charge is 2.32. The Kier molecular flexibility index (Phi) is 6.47. The zero-order valence-corrected chi connectivity index (χ0v) is 17.1. The van der Waals surface area contributed by atoms with E-state index < -0.39 is 11.7 Å². The van der Waals surface area contributed by atoms with Crippen LogP contribution in [0.4, 0.5) is 0 Å². The van der Waals surface area contributed by atoms with Gasteiger partial charge in [0, 0.05) is 44.1 Å². The molecule has 1 unspecified atom stereocenters. The monoisotopic (exact) mass is 407 g/mol. The van der Waals surface area contributed by atoms with E-state index >= 15 is 0 Å². The Hall–Kier alpha value is -2.67. The van der Waals surface area contributed by atoms with Gasteiger partial charge in [-0.25, -0.2) is 4.98 Å². The normalized spacial score (nSPS) is 17.5. The van der Waals surface area contributed by atoms with Crippen LogP contribution in [0.25, 0.3) is 5.69 Å². The summed E-state index contributed by atoms with van der Waals surface area (Å²) < 4.78 is 7.68. The molecule has 1 aliphatic rings. The van der Waals surface area contributed by atoms with E-state index in [0.29, 0.717) is 25.8 Å². The first-order valence-corrected chi connectivity index (χ1v) is 10.5. The largest absolute Gasteiger partial charge is 0.491 e. The van der Waals surface area contributed by atoms with E-state index in [0.717, 1.165) is 24.5 Å². The molecule has 3 aromatic rings. The molecular formula is C24H29N3O3. The van der Waals surface area contributed by atoms with E-state index in [2.05, 4.69) is 22.0 Å². The Morgan fingerprint density at radius 2 is 1.77 bits per heavy atom. The Labute approximate surface area is 177 Å². The lowest BCUT2D eigenvalue weighted by Gasteiger charge is -2.39. The van der Waals surface area contributed by atoms with Crippen LogP contribution >= 0.6 is 0 Å². The molecule has 1 saturated heterocycles. The number of β-amino-alcohol motifs (C(OH)–C–C–N with tert-alkyl or cyclic N) is 1. The van der Waals surface area contributed by atoms with E-state index in [-0.39, 0.29) is 6.61 Å². The predicted octanol–water partition coefficient (Wildman–Crippen LogP) is 2.68. The fraction of sp³-hybridized carbons (Fsp3) is 0.375. The molecule has 1 aromatic heterocycles. The summed E-state index contributed by atoms with van der Waals surface area (Å²) in [5.74, 6) is 0.730. The summed E-state index contributed by atoms with van der Waals surface area (Å²) in [7, 11) is 0. The average molecular weight is 408 g/mol. The fourth-order valence-corrected chi connectivity index (χ4v) is 3.97. The van der Waals surface area contributed by atoms with Crippen LogP contribution in [0.15, 0.2) is 73.3 Å². The SMILES string of the molecule is OC(COc1ccc(-n2ccnc2)cc1)CN1CCC(O)(Cc2ccccc2)CC1. The highest BCUT2D eigenvalue weighted by molar-refractivity contribution is 5.37. The van der Waals surface area contributed by atoms with Gasteiger partial charge in [-0.1, -0.05) is 30.3 Å². The van der Waals surface area contributed by atoms with Crippen molar-refractivity contribution in [1.82, 2.24) is 14.5 Å².